The number of hydrogen-bond donors (Lipinski definition) is 1. The van der Waals surface area contributed by atoms with Crippen molar-refractivity contribution in [2.75, 3.05) is 12.8 Å². The van der Waals surface area contributed by atoms with Gasteiger partial charge >= 0.3 is 0 Å². The second-order valence-corrected chi connectivity index (χ2v) is 5.49. The molecule has 2 N–H and O–H groups in total. The quantitative estimate of drug-likeness (QED) is 0.915. The number of sulfone groups is 1. The molecule has 0 amide bonds. The van der Waals surface area contributed by atoms with E-state index in [-0.39, 0.29) is 23.8 Å². The molecule has 0 spiro atoms. The minimum atomic E-state index is -3.21. The van der Waals surface area contributed by atoms with Gasteiger partial charge in [0, 0.05) is 12.8 Å². The SMILES string of the molecule is CS(=O)(=O)c1cccc(C/C=C(/F)CN)c1.Cl. The maximum absolute atomic E-state index is 12.8. The average Bonchev–Trinajstić information content (AvgIpc) is 2.25. The summed E-state index contributed by atoms with van der Waals surface area (Å²) in [5, 5.41) is 0. The molecule has 0 bridgehead atoms. The normalized spacial score (nSPS) is 12.1. The molecule has 0 fully saturated rings. The molecule has 1 rings (SSSR count). The van der Waals surface area contributed by atoms with Crippen LogP contribution in [0.25, 0.3) is 0 Å². The minimum Gasteiger partial charge on any atom is -0.325 e. The largest absolute Gasteiger partial charge is 0.325 e. The Morgan fingerprint density at radius 1 is 1.47 bits per heavy atom. The predicted molar refractivity (Wildman–Crippen MR) is 68.7 cm³/mol. The maximum Gasteiger partial charge on any atom is 0.175 e. The molecule has 0 aliphatic heterocycles. The number of halogens is 2. The summed E-state index contributed by atoms with van der Waals surface area (Å²) in [6, 6.07) is 6.44. The highest BCUT2D eigenvalue weighted by Gasteiger charge is 2.06. The molecule has 1 aromatic rings. The Hall–Kier alpha value is -0.910. The van der Waals surface area contributed by atoms with Gasteiger partial charge in [0.25, 0.3) is 0 Å². The van der Waals surface area contributed by atoms with Crippen molar-refractivity contribution in [3.8, 4) is 0 Å². The smallest absolute Gasteiger partial charge is 0.175 e. The zero-order chi connectivity index (χ0) is 12.2. The molecule has 0 atom stereocenters. The number of hydrogen-bond acceptors (Lipinski definition) is 3. The topological polar surface area (TPSA) is 60.2 Å². The van der Waals surface area contributed by atoms with E-state index in [1.54, 1.807) is 12.1 Å². The molecule has 1 aromatic carbocycles. The van der Waals surface area contributed by atoms with Crippen molar-refractivity contribution in [3.63, 3.8) is 0 Å². The van der Waals surface area contributed by atoms with Gasteiger partial charge in [0.1, 0.15) is 5.83 Å². The molecule has 17 heavy (non-hydrogen) atoms. The fraction of sp³-hybridized carbons (Fsp3) is 0.273. The fourth-order valence-electron chi connectivity index (χ4n) is 1.22. The molecule has 96 valence electrons. The molecule has 0 saturated heterocycles. The van der Waals surface area contributed by atoms with Crippen molar-refractivity contribution >= 4 is 22.2 Å². The van der Waals surface area contributed by atoms with Gasteiger partial charge in [-0.25, -0.2) is 12.8 Å². The highest BCUT2D eigenvalue weighted by atomic mass is 35.5. The molecule has 0 unspecified atom stereocenters. The van der Waals surface area contributed by atoms with Crippen molar-refractivity contribution in [1.82, 2.24) is 0 Å². The molecule has 0 aromatic heterocycles. The van der Waals surface area contributed by atoms with E-state index in [1.165, 1.54) is 18.2 Å². The van der Waals surface area contributed by atoms with Crippen LogP contribution in [-0.2, 0) is 16.3 Å². The third kappa shape index (κ3) is 5.30. The lowest BCUT2D eigenvalue weighted by Gasteiger charge is -2.01. The standard InChI is InChI=1S/C11H14FNO2S.ClH/c1-16(14,15)11-4-2-3-9(7-11)5-6-10(12)8-13;/h2-4,6-7H,5,8,13H2,1H3;1H/b10-6+;. The average molecular weight is 280 g/mol. The van der Waals surface area contributed by atoms with Crippen LogP contribution >= 0.6 is 12.4 Å². The summed E-state index contributed by atoms with van der Waals surface area (Å²) < 4.78 is 35.3. The number of rotatable bonds is 4. The first-order chi connectivity index (χ1) is 7.43. The summed E-state index contributed by atoms with van der Waals surface area (Å²) in [5.41, 5.74) is 5.84. The van der Waals surface area contributed by atoms with Gasteiger partial charge in [0.05, 0.1) is 4.90 Å². The van der Waals surface area contributed by atoms with Gasteiger partial charge in [-0.1, -0.05) is 12.1 Å². The molecule has 0 aliphatic rings. The molecular weight excluding hydrogens is 265 g/mol. The summed E-state index contributed by atoms with van der Waals surface area (Å²) in [4.78, 5) is 0.242. The van der Waals surface area contributed by atoms with E-state index in [9.17, 15) is 12.8 Å². The van der Waals surface area contributed by atoms with Gasteiger partial charge < -0.3 is 5.73 Å². The number of benzene rings is 1. The molecule has 0 saturated carbocycles. The predicted octanol–water partition coefficient (Wildman–Crippen LogP) is 1.87. The second-order valence-electron chi connectivity index (χ2n) is 3.48. The van der Waals surface area contributed by atoms with Crippen LogP contribution in [-0.4, -0.2) is 21.2 Å². The van der Waals surface area contributed by atoms with E-state index in [0.29, 0.717) is 6.42 Å². The van der Waals surface area contributed by atoms with Crippen molar-refractivity contribution in [2.45, 2.75) is 11.3 Å². The van der Waals surface area contributed by atoms with Crippen molar-refractivity contribution in [3.05, 3.63) is 41.7 Å². The van der Waals surface area contributed by atoms with E-state index in [2.05, 4.69) is 0 Å². The summed E-state index contributed by atoms with van der Waals surface area (Å²) in [6.45, 7) is -0.133. The van der Waals surface area contributed by atoms with E-state index in [0.717, 1.165) is 11.8 Å². The van der Waals surface area contributed by atoms with Gasteiger partial charge in [0.2, 0.25) is 0 Å². The molecule has 0 radical (unpaired) electrons. The molecular formula is C11H15ClFNO2S. The van der Waals surface area contributed by atoms with Crippen molar-refractivity contribution in [2.24, 2.45) is 5.73 Å². The fourth-order valence-corrected chi connectivity index (χ4v) is 1.91. The Morgan fingerprint density at radius 3 is 2.65 bits per heavy atom. The Balaban J connectivity index is 0.00000256. The first kappa shape index (κ1) is 16.1. The number of allylic oxidation sites excluding steroid dienone is 1. The van der Waals surface area contributed by atoms with Crippen molar-refractivity contribution in [1.29, 1.82) is 0 Å². The number of nitrogens with two attached hydrogens (primary N) is 1. The molecule has 0 aliphatic carbocycles. The molecule has 3 nitrogen and oxygen atoms in total. The molecule has 6 heteroatoms. The summed E-state index contributed by atoms with van der Waals surface area (Å²) in [7, 11) is -3.21. The highest BCUT2D eigenvalue weighted by Crippen LogP contribution is 2.12. The van der Waals surface area contributed by atoms with E-state index in [1.807, 2.05) is 0 Å². The van der Waals surface area contributed by atoms with Crippen LogP contribution in [0.15, 0.2) is 41.1 Å². The molecule has 0 heterocycles. The van der Waals surface area contributed by atoms with Crippen LogP contribution < -0.4 is 5.73 Å². The first-order valence-electron chi connectivity index (χ1n) is 4.77. The summed E-state index contributed by atoms with van der Waals surface area (Å²) in [5.74, 6) is -0.398. The van der Waals surface area contributed by atoms with Crippen LogP contribution in [0.5, 0.6) is 0 Å². The van der Waals surface area contributed by atoms with Crippen LogP contribution in [0, 0.1) is 0 Å². The van der Waals surface area contributed by atoms with Gasteiger partial charge in [-0.3, -0.25) is 0 Å². The lowest BCUT2D eigenvalue weighted by Crippen LogP contribution is -2.00. The van der Waals surface area contributed by atoms with E-state index in [4.69, 9.17) is 5.73 Å². The minimum absolute atomic E-state index is 0. The highest BCUT2D eigenvalue weighted by molar-refractivity contribution is 7.90. The van der Waals surface area contributed by atoms with Gasteiger partial charge in [0.15, 0.2) is 9.84 Å². The van der Waals surface area contributed by atoms with E-state index < -0.39 is 15.7 Å². The van der Waals surface area contributed by atoms with Crippen LogP contribution in [0.1, 0.15) is 5.56 Å². The Kier molecular flexibility index (Phi) is 6.37. The summed E-state index contributed by atoms with van der Waals surface area (Å²) in [6.07, 6.45) is 2.83. The lowest BCUT2D eigenvalue weighted by molar-refractivity contribution is 0.602. The lowest BCUT2D eigenvalue weighted by atomic mass is 10.1. The van der Waals surface area contributed by atoms with Crippen molar-refractivity contribution < 1.29 is 12.8 Å². The third-order valence-corrected chi connectivity index (χ3v) is 3.19. The second kappa shape index (κ2) is 6.74. The van der Waals surface area contributed by atoms with Gasteiger partial charge in [-0.2, -0.15) is 0 Å². The van der Waals surface area contributed by atoms with Gasteiger partial charge in [-0.05, 0) is 30.2 Å². The zero-order valence-corrected chi connectivity index (χ0v) is 11.0. The zero-order valence-electron chi connectivity index (χ0n) is 9.39. The van der Waals surface area contributed by atoms with Gasteiger partial charge in [-0.15, -0.1) is 12.4 Å². The monoisotopic (exact) mass is 279 g/mol. The Bertz CT molecular complexity index is 500. The van der Waals surface area contributed by atoms with Crippen LogP contribution in [0.3, 0.4) is 0 Å². The van der Waals surface area contributed by atoms with Crippen LogP contribution in [0.2, 0.25) is 0 Å². The summed E-state index contributed by atoms with van der Waals surface area (Å²) >= 11 is 0. The first-order valence-corrected chi connectivity index (χ1v) is 6.66. The Labute approximate surface area is 107 Å². The Morgan fingerprint density at radius 2 is 2.12 bits per heavy atom. The van der Waals surface area contributed by atoms with E-state index >= 15 is 0 Å². The third-order valence-electron chi connectivity index (χ3n) is 2.08. The van der Waals surface area contributed by atoms with Crippen LogP contribution in [0.4, 0.5) is 4.39 Å². The maximum atomic E-state index is 12.8.